The van der Waals surface area contributed by atoms with Gasteiger partial charge in [0.1, 0.15) is 0 Å². The highest BCUT2D eigenvalue weighted by Crippen LogP contribution is 2.21. The van der Waals surface area contributed by atoms with Crippen LogP contribution in [0.2, 0.25) is 0 Å². The number of nitrogens with zero attached hydrogens (tertiary/aromatic N) is 1. The number of rotatable bonds is 6. The van der Waals surface area contributed by atoms with Gasteiger partial charge in [-0.1, -0.05) is 6.07 Å². The fraction of sp³-hybridized carbons (Fsp3) is 0.176. The quantitative estimate of drug-likeness (QED) is 0.368. The Bertz CT molecular complexity index is 841. The van der Waals surface area contributed by atoms with Crippen molar-refractivity contribution in [2.45, 2.75) is 13.8 Å². The number of esters is 1. The fourth-order valence-corrected chi connectivity index (χ4v) is 2.75. The minimum Gasteiger partial charge on any atom is -0.452 e. The molecule has 1 amide bonds. The van der Waals surface area contributed by atoms with Crippen LogP contribution >= 0.6 is 11.3 Å². The topological polar surface area (TPSA) is 98.5 Å². The van der Waals surface area contributed by atoms with Crippen LogP contribution < -0.4 is 5.32 Å². The predicted octanol–water partition coefficient (Wildman–Crippen LogP) is 3.47. The average Bonchev–Trinajstić information content (AvgIpc) is 2.98. The molecule has 2 rings (SSSR count). The van der Waals surface area contributed by atoms with E-state index >= 15 is 0 Å². The first kappa shape index (κ1) is 18.3. The van der Waals surface area contributed by atoms with Gasteiger partial charge in [0, 0.05) is 23.1 Å². The van der Waals surface area contributed by atoms with Crippen molar-refractivity contribution >= 4 is 40.7 Å². The van der Waals surface area contributed by atoms with E-state index in [9.17, 15) is 19.7 Å². The summed E-state index contributed by atoms with van der Waals surface area (Å²) in [7, 11) is 0. The third kappa shape index (κ3) is 5.25. The Kier molecular flexibility index (Phi) is 6.02. The molecule has 0 atom stereocenters. The third-order valence-electron chi connectivity index (χ3n) is 3.32. The van der Waals surface area contributed by atoms with Crippen molar-refractivity contribution in [1.29, 1.82) is 0 Å². The monoisotopic (exact) mass is 360 g/mol. The molecule has 1 N–H and O–H groups in total. The summed E-state index contributed by atoms with van der Waals surface area (Å²) in [6.45, 7) is 3.16. The number of nitro groups is 1. The van der Waals surface area contributed by atoms with Crippen molar-refractivity contribution in [3.05, 3.63) is 61.8 Å². The van der Waals surface area contributed by atoms with Crippen LogP contribution in [0.5, 0.6) is 0 Å². The molecule has 8 heteroatoms. The highest BCUT2D eigenvalue weighted by molar-refractivity contribution is 7.11. The second-order valence-corrected chi connectivity index (χ2v) is 6.16. The SMILES string of the molecule is Cc1ccc([N+](=O)[O-])cc1NC(=O)COC(=O)/C=C/c1sccc1C. The maximum atomic E-state index is 11.9. The van der Waals surface area contributed by atoms with Gasteiger partial charge in [0.15, 0.2) is 6.61 Å². The van der Waals surface area contributed by atoms with Crippen LogP contribution in [0, 0.1) is 24.0 Å². The Balaban J connectivity index is 1.89. The number of nitrogens with one attached hydrogen (secondary N) is 1. The molecule has 0 saturated heterocycles. The van der Waals surface area contributed by atoms with Gasteiger partial charge in [-0.25, -0.2) is 4.79 Å². The summed E-state index contributed by atoms with van der Waals surface area (Å²) < 4.78 is 4.86. The molecule has 0 fully saturated rings. The van der Waals surface area contributed by atoms with Crippen LogP contribution in [-0.4, -0.2) is 23.4 Å². The molecule has 0 aliphatic rings. The van der Waals surface area contributed by atoms with Crippen molar-refractivity contribution < 1.29 is 19.2 Å². The smallest absolute Gasteiger partial charge is 0.331 e. The molecule has 0 aliphatic heterocycles. The highest BCUT2D eigenvalue weighted by atomic mass is 32.1. The van der Waals surface area contributed by atoms with E-state index in [4.69, 9.17) is 4.74 Å². The Morgan fingerprint density at radius 2 is 2.04 bits per heavy atom. The molecule has 0 saturated carbocycles. The van der Waals surface area contributed by atoms with E-state index < -0.39 is 23.4 Å². The van der Waals surface area contributed by atoms with E-state index in [0.29, 0.717) is 11.3 Å². The summed E-state index contributed by atoms with van der Waals surface area (Å²) in [5, 5.41) is 15.2. The first-order chi connectivity index (χ1) is 11.9. The van der Waals surface area contributed by atoms with Crippen LogP contribution in [-0.2, 0) is 14.3 Å². The molecule has 7 nitrogen and oxygen atoms in total. The number of carbonyl (C=O) groups is 2. The highest BCUT2D eigenvalue weighted by Gasteiger charge is 2.12. The molecular formula is C17H16N2O5S. The van der Waals surface area contributed by atoms with Crippen LogP contribution in [0.1, 0.15) is 16.0 Å². The number of amides is 1. The molecule has 1 aromatic carbocycles. The van der Waals surface area contributed by atoms with Gasteiger partial charge >= 0.3 is 5.97 Å². The summed E-state index contributed by atoms with van der Waals surface area (Å²) in [5.74, 6) is -1.21. The lowest BCUT2D eigenvalue weighted by Gasteiger charge is -2.08. The number of nitro benzene ring substituents is 1. The maximum absolute atomic E-state index is 11.9. The largest absolute Gasteiger partial charge is 0.452 e. The lowest BCUT2D eigenvalue weighted by atomic mass is 10.2. The normalized spacial score (nSPS) is 10.6. The first-order valence-corrected chi connectivity index (χ1v) is 8.18. The first-order valence-electron chi connectivity index (χ1n) is 7.30. The van der Waals surface area contributed by atoms with Crippen molar-refractivity contribution in [1.82, 2.24) is 0 Å². The standard InChI is InChI=1S/C17H16N2O5S/c1-11-3-4-13(19(22)23)9-14(11)18-16(20)10-24-17(21)6-5-15-12(2)7-8-25-15/h3-9H,10H2,1-2H3,(H,18,20)/b6-5+. The van der Waals surface area contributed by atoms with E-state index in [0.717, 1.165) is 10.4 Å². The van der Waals surface area contributed by atoms with Gasteiger partial charge in [-0.3, -0.25) is 14.9 Å². The number of ether oxygens (including phenoxy) is 1. The molecule has 1 aromatic heterocycles. The number of aryl methyl sites for hydroxylation is 2. The van der Waals surface area contributed by atoms with Gasteiger partial charge in [0.2, 0.25) is 0 Å². The van der Waals surface area contributed by atoms with Crippen LogP contribution in [0.15, 0.2) is 35.7 Å². The van der Waals surface area contributed by atoms with Crippen molar-refractivity contribution in [3.8, 4) is 0 Å². The number of hydrogen-bond acceptors (Lipinski definition) is 6. The Morgan fingerprint density at radius 1 is 1.28 bits per heavy atom. The Labute approximate surface area is 148 Å². The van der Waals surface area contributed by atoms with Gasteiger partial charge in [0.05, 0.1) is 10.6 Å². The summed E-state index contributed by atoms with van der Waals surface area (Å²) in [6.07, 6.45) is 2.88. The second-order valence-electron chi connectivity index (χ2n) is 5.21. The predicted molar refractivity (Wildman–Crippen MR) is 95.5 cm³/mol. The van der Waals surface area contributed by atoms with Gasteiger partial charge in [-0.15, -0.1) is 11.3 Å². The molecule has 1 heterocycles. The van der Waals surface area contributed by atoms with Crippen LogP contribution in [0.25, 0.3) is 6.08 Å². The molecule has 0 unspecified atom stereocenters. The van der Waals surface area contributed by atoms with E-state index in [1.807, 2.05) is 18.4 Å². The number of hydrogen-bond donors (Lipinski definition) is 1. The average molecular weight is 360 g/mol. The molecule has 0 spiro atoms. The minimum absolute atomic E-state index is 0.132. The zero-order chi connectivity index (χ0) is 18.4. The molecule has 0 bridgehead atoms. The van der Waals surface area contributed by atoms with Gasteiger partial charge < -0.3 is 10.1 Å². The minimum atomic E-state index is -0.640. The maximum Gasteiger partial charge on any atom is 0.331 e. The van der Waals surface area contributed by atoms with Gasteiger partial charge in [-0.05, 0) is 42.5 Å². The van der Waals surface area contributed by atoms with Crippen molar-refractivity contribution in [2.24, 2.45) is 0 Å². The zero-order valence-corrected chi connectivity index (χ0v) is 14.5. The lowest BCUT2D eigenvalue weighted by molar-refractivity contribution is -0.384. The number of carbonyl (C=O) groups excluding carboxylic acids is 2. The van der Waals surface area contributed by atoms with E-state index in [1.165, 1.54) is 35.6 Å². The molecular weight excluding hydrogens is 344 g/mol. The molecule has 0 radical (unpaired) electrons. The van der Waals surface area contributed by atoms with E-state index in [-0.39, 0.29) is 5.69 Å². The number of thiophene rings is 1. The second kappa shape index (κ2) is 8.20. The zero-order valence-electron chi connectivity index (χ0n) is 13.6. The molecule has 25 heavy (non-hydrogen) atoms. The Morgan fingerprint density at radius 3 is 2.68 bits per heavy atom. The molecule has 2 aromatic rings. The fourth-order valence-electron chi connectivity index (χ4n) is 1.93. The van der Waals surface area contributed by atoms with Crippen molar-refractivity contribution in [3.63, 3.8) is 0 Å². The molecule has 0 aliphatic carbocycles. The third-order valence-corrected chi connectivity index (χ3v) is 4.31. The number of anilines is 1. The summed E-state index contributed by atoms with van der Waals surface area (Å²) in [4.78, 5) is 34.7. The Hall–Kier alpha value is -3.00. The van der Waals surface area contributed by atoms with Gasteiger partial charge in [-0.2, -0.15) is 0 Å². The molecule has 130 valence electrons. The van der Waals surface area contributed by atoms with Crippen molar-refractivity contribution in [2.75, 3.05) is 11.9 Å². The number of benzene rings is 1. The lowest BCUT2D eigenvalue weighted by Crippen LogP contribution is -2.20. The number of non-ortho nitro benzene ring substituents is 1. The van der Waals surface area contributed by atoms with Crippen LogP contribution in [0.3, 0.4) is 0 Å². The summed E-state index contributed by atoms with van der Waals surface area (Å²) >= 11 is 1.49. The summed E-state index contributed by atoms with van der Waals surface area (Å²) in [5.41, 5.74) is 1.89. The van der Waals surface area contributed by atoms with Gasteiger partial charge in [0.25, 0.3) is 11.6 Å². The summed E-state index contributed by atoms with van der Waals surface area (Å²) in [6, 6.07) is 6.08. The van der Waals surface area contributed by atoms with E-state index in [1.54, 1.807) is 13.0 Å². The van der Waals surface area contributed by atoms with E-state index in [2.05, 4.69) is 5.32 Å². The van der Waals surface area contributed by atoms with Crippen LogP contribution in [0.4, 0.5) is 11.4 Å².